The van der Waals surface area contributed by atoms with Gasteiger partial charge in [0.2, 0.25) is 0 Å². The van der Waals surface area contributed by atoms with Crippen LogP contribution in [0.3, 0.4) is 0 Å². The third kappa shape index (κ3) is 1.05. The first-order valence-corrected chi connectivity index (χ1v) is 4.16. The van der Waals surface area contributed by atoms with E-state index in [-0.39, 0.29) is 0 Å². The molecule has 0 spiro atoms. The Morgan fingerprint density at radius 1 is 1.30 bits per heavy atom. The van der Waals surface area contributed by atoms with Gasteiger partial charge in [0.15, 0.2) is 0 Å². The molecule has 1 saturated heterocycles. The fourth-order valence-electron chi connectivity index (χ4n) is 1.67. The average Bonchev–Trinajstić information content (AvgIpc) is 2.05. The molecule has 0 amide bonds. The summed E-state index contributed by atoms with van der Waals surface area (Å²) in [7, 11) is 0. The van der Waals surface area contributed by atoms with Crippen molar-refractivity contribution >= 4 is 0 Å². The predicted octanol–water partition coefficient (Wildman–Crippen LogP) is 1.84. The van der Waals surface area contributed by atoms with Crippen LogP contribution in [0, 0.1) is 6.42 Å². The fraction of sp³-hybridized carbons (Fsp3) is 0.667. The van der Waals surface area contributed by atoms with Crippen molar-refractivity contribution in [2.45, 2.75) is 25.7 Å². The lowest BCUT2D eigenvalue weighted by Gasteiger charge is -2.33. The number of nitrogens with zero attached hydrogens (tertiary/aromatic N) is 1. The summed E-state index contributed by atoms with van der Waals surface area (Å²) in [5, 5.41) is 0. The van der Waals surface area contributed by atoms with Crippen molar-refractivity contribution in [3.63, 3.8) is 0 Å². The first kappa shape index (κ1) is 6.26. The monoisotopic (exact) mass is 135 g/mol. The highest BCUT2D eigenvalue weighted by molar-refractivity contribution is 5.16. The van der Waals surface area contributed by atoms with Crippen LogP contribution in [0.15, 0.2) is 11.8 Å². The maximum Gasteiger partial charge on any atom is 0.0340 e. The summed E-state index contributed by atoms with van der Waals surface area (Å²) in [4.78, 5) is 2.45. The van der Waals surface area contributed by atoms with Crippen LogP contribution in [0.2, 0.25) is 0 Å². The molecule has 0 bridgehead atoms. The smallest absolute Gasteiger partial charge is 0.0340 e. The number of hydrogen-bond donors (Lipinski definition) is 0. The fourth-order valence-corrected chi connectivity index (χ4v) is 1.67. The second-order valence-electron chi connectivity index (χ2n) is 3.00. The van der Waals surface area contributed by atoms with Crippen molar-refractivity contribution in [3.8, 4) is 0 Å². The SMILES string of the molecule is [C]1CCCN2CCCC=C12. The van der Waals surface area contributed by atoms with Gasteiger partial charge in [0.05, 0.1) is 0 Å². The number of hydrogen-bond acceptors (Lipinski definition) is 1. The Morgan fingerprint density at radius 3 is 3.10 bits per heavy atom. The molecule has 0 unspecified atom stereocenters. The van der Waals surface area contributed by atoms with E-state index in [1.807, 2.05) is 0 Å². The van der Waals surface area contributed by atoms with Gasteiger partial charge in [0, 0.05) is 25.2 Å². The van der Waals surface area contributed by atoms with Crippen LogP contribution in [-0.2, 0) is 0 Å². The van der Waals surface area contributed by atoms with E-state index in [1.165, 1.54) is 44.5 Å². The van der Waals surface area contributed by atoms with Gasteiger partial charge in [-0.3, -0.25) is 0 Å². The Hall–Kier alpha value is -0.460. The molecule has 0 aromatic rings. The number of rotatable bonds is 0. The Balaban J connectivity index is 2.08. The van der Waals surface area contributed by atoms with E-state index >= 15 is 0 Å². The minimum absolute atomic E-state index is 1.17. The third-order valence-electron chi connectivity index (χ3n) is 2.22. The first-order valence-electron chi connectivity index (χ1n) is 4.16. The molecule has 0 N–H and O–H groups in total. The second-order valence-corrected chi connectivity index (χ2v) is 3.00. The summed E-state index contributed by atoms with van der Waals surface area (Å²) < 4.78 is 0. The molecule has 2 radical (unpaired) electrons. The minimum Gasteiger partial charge on any atom is -0.375 e. The van der Waals surface area contributed by atoms with Gasteiger partial charge in [-0.15, -0.1) is 0 Å². The minimum atomic E-state index is 1.17. The van der Waals surface area contributed by atoms with Gasteiger partial charge in [-0.05, 0) is 25.7 Å². The molecular formula is C9H13N. The van der Waals surface area contributed by atoms with E-state index in [4.69, 9.17) is 0 Å². The summed E-state index contributed by atoms with van der Waals surface area (Å²) in [5.41, 5.74) is 1.39. The highest BCUT2D eigenvalue weighted by Crippen LogP contribution is 2.23. The summed E-state index contributed by atoms with van der Waals surface area (Å²) in [6.45, 7) is 2.53. The number of piperidine rings is 1. The maximum atomic E-state index is 3.41. The molecule has 2 aliphatic heterocycles. The Kier molecular flexibility index (Phi) is 1.66. The lowest BCUT2D eigenvalue weighted by atomic mass is 10.0. The molecule has 0 aromatic heterocycles. The van der Waals surface area contributed by atoms with Crippen LogP contribution < -0.4 is 0 Å². The van der Waals surface area contributed by atoms with Crippen molar-refractivity contribution < 1.29 is 0 Å². The third-order valence-corrected chi connectivity index (χ3v) is 2.22. The van der Waals surface area contributed by atoms with Crippen LogP contribution in [0.5, 0.6) is 0 Å². The largest absolute Gasteiger partial charge is 0.375 e. The van der Waals surface area contributed by atoms with Crippen LogP contribution in [0.4, 0.5) is 0 Å². The molecule has 1 fully saturated rings. The molecule has 2 aliphatic rings. The summed E-state index contributed by atoms with van der Waals surface area (Å²) in [5.74, 6) is 0. The van der Waals surface area contributed by atoms with Crippen LogP contribution >= 0.6 is 0 Å². The van der Waals surface area contributed by atoms with Crippen molar-refractivity contribution in [2.24, 2.45) is 0 Å². The topological polar surface area (TPSA) is 3.24 Å². The molecule has 2 rings (SSSR count). The van der Waals surface area contributed by atoms with Crippen molar-refractivity contribution in [1.29, 1.82) is 0 Å². The Morgan fingerprint density at radius 2 is 2.20 bits per heavy atom. The van der Waals surface area contributed by atoms with Gasteiger partial charge in [0.25, 0.3) is 0 Å². The summed E-state index contributed by atoms with van der Waals surface area (Å²) >= 11 is 0. The second kappa shape index (κ2) is 2.65. The Bertz CT molecular complexity index is 149. The zero-order chi connectivity index (χ0) is 6.81. The van der Waals surface area contributed by atoms with Gasteiger partial charge in [-0.1, -0.05) is 6.08 Å². The van der Waals surface area contributed by atoms with Gasteiger partial charge < -0.3 is 4.90 Å². The molecule has 1 heteroatoms. The first-order chi connectivity index (χ1) is 4.97. The van der Waals surface area contributed by atoms with Crippen molar-refractivity contribution in [3.05, 3.63) is 18.2 Å². The zero-order valence-corrected chi connectivity index (χ0v) is 6.27. The molecule has 10 heavy (non-hydrogen) atoms. The molecule has 0 saturated carbocycles. The number of fused-ring (bicyclic) bond motifs is 1. The molecular weight excluding hydrogens is 122 g/mol. The van der Waals surface area contributed by atoms with Crippen LogP contribution in [0.1, 0.15) is 25.7 Å². The van der Waals surface area contributed by atoms with Crippen molar-refractivity contribution in [2.75, 3.05) is 13.1 Å². The normalized spacial score (nSPS) is 25.6. The van der Waals surface area contributed by atoms with Gasteiger partial charge in [-0.25, -0.2) is 0 Å². The molecule has 0 aromatic carbocycles. The highest BCUT2D eigenvalue weighted by atomic mass is 15.1. The molecule has 1 nitrogen and oxygen atoms in total. The lowest BCUT2D eigenvalue weighted by Crippen LogP contribution is -2.31. The zero-order valence-electron chi connectivity index (χ0n) is 6.27. The average molecular weight is 135 g/mol. The van der Waals surface area contributed by atoms with E-state index in [1.54, 1.807) is 0 Å². The standard InChI is InChI=1S/C9H13N/c1-3-7-10-8-4-2-6-9(10)5-1/h5H,1-4,7-8H2. The van der Waals surface area contributed by atoms with Crippen molar-refractivity contribution in [1.82, 2.24) is 4.90 Å². The number of allylic oxidation sites excluding steroid dienone is 2. The van der Waals surface area contributed by atoms with Crippen LogP contribution in [0.25, 0.3) is 0 Å². The predicted molar refractivity (Wildman–Crippen MR) is 41.4 cm³/mol. The highest BCUT2D eigenvalue weighted by Gasteiger charge is 2.16. The maximum absolute atomic E-state index is 3.41. The lowest BCUT2D eigenvalue weighted by molar-refractivity contribution is 0.300. The van der Waals surface area contributed by atoms with Crippen LogP contribution in [-0.4, -0.2) is 18.0 Å². The molecule has 0 atom stereocenters. The molecule has 2 heterocycles. The Labute approximate surface area is 62.7 Å². The van der Waals surface area contributed by atoms with Gasteiger partial charge in [-0.2, -0.15) is 0 Å². The summed E-state index contributed by atoms with van der Waals surface area (Å²) in [6, 6.07) is 0. The van der Waals surface area contributed by atoms with E-state index in [0.29, 0.717) is 0 Å². The van der Waals surface area contributed by atoms with Gasteiger partial charge in [0.1, 0.15) is 0 Å². The van der Waals surface area contributed by atoms with E-state index in [2.05, 4.69) is 17.4 Å². The molecule has 54 valence electrons. The van der Waals surface area contributed by atoms with Gasteiger partial charge >= 0.3 is 0 Å². The van der Waals surface area contributed by atoms with E-state index in [0.717, 1.165) is 0 Å². The molecule has 0 aliphatic carbocycles. The quantitative estimate of drug-likeness (QED) is 0.490. The van der Waals surface area contributed by atoms with E-state index in [9.17, 15) is 0 Å². The summed E-state index contributed by atoms with van der Waals surface area (Å²) in [6.07, 6.45) is 10.8. The van der Waals surface area contributed by atoms with E-state index < -0.39 is 0 Å².